The van der Waals surface area contributed by atoms with Crippen molar-refractivity contribution in [3.8, 4) is 0 Å². The average molecular weight is 242 g/mol. The van der Waals surface area contributed by atoms with Crippen molar-refractivity contribution in [1.82, 2.24) is 10.2 Å². The molecule has 0 aliphatic carbocycles. The lowest BCUT2D eigenvalue weighted by Gasteiger charge is -2.39. The van der Waals surface area contributed by atoms with E-state index < -0.39 is 0 Å². The zero-order valence-corrected chi connectivity index (χ0v) is 12.2. The number of piperidine rings is 1. The van der Waals surface area contributed by atoms with Crippen molar-refractivity contribution in [3.63, 3.8) is 0 Å². The van der Waals surface area contributed by atoms with E-state index in [1.54, 1.807) is 0 Å². The SMILES string of the molecule is COC(C)C(C)N(CC1CCCNC1)C(C)C. The lowest BCUT2D eigenvalue weighted by molar-refractivity contribution is 0.0110. The molecule has 0 spiro atoms. The monoisotopic (exact) mass is 242 g/mol. The number of methoxy groups -OCH3 is 1. The molecule has 17 heavy (non-hydrogen) atoms. The molecule has 3 nitrogen and oxygen atoms in total. The fourth-order valence-electron chi connectivity index (χ4n) is 2.69. The van der Waals surface area contributed by atoms with Crippen molar-refractivity contribution in [2.75, 3.05) is 26.7 Å². The minimum atomic E-state index is 0.300. The number of rotatable bonds is 6. The van der Waals surface area contributed by atoms with Crippen LogP contribution < -0.4 is 5.32 Å². The molecular formula is C14H30N2O. The molecule has 1 saturated heterocycles. The van der Waals surface area contributed by atoms with Crippen molar-refractivity contribution in [2.45, 2.75) is 58.7 Å². The van der Waals surface area contributed by atoms with Crippen LogP contribution in [0.25, 0.3) is 0 Å². The Bertz CT molecular complexity index is 202. The van der Waals surface area contributed by atoms with Gasteiger partial charge in [0.2, 0.25) is 0 Å². The molecule has 1 rings (SSSR count). The van der Waals surface area contributed by atoms with E-state index >= 15 is 0 Å². The normalized spacial score (nSPS) is 25.2. The highest BCUT2D eigenvalue weighted by Gasteiger charge is 2.25. The summed E-state index contributed by atoms with van der Waals surface area (Å²) in [5.41, 5.74) is 0. The summed E-state index contributed by atoms with van der Waals surface area (Å²) >= 11 is 0. The molecule has 1 aliphatic rings. The van der Waals surface area contributed by atoms with E-state index in [9.17, 15) is 0 Å². The first-order valence-electron chi connectivity index (χ1n) is 7.05. The fraction of sp³-hybridized carbons (Fsp3) is 1.00. The van der Waals surface area contributed by atoms with Crippen LogP contribution in [0.15, 0.2) is 0 Å². The Hall–Kier alpha value is -0.120. The van der Waals surface area contributed by atoms with Gasteiger partial charge in [-0.25, -0.2) is 0 Å². The lowest BCUT2D eigenvalue weighted by atomic mass is 9.97. The Morgan fingerprint density at radius 2 is 2.00 bits per heavy atom. The molecule has 1 aliphatic heterocycles. The number of nitrogens with one attached hydrogen (secondary N) is 1. The Labute approximate surface area is 107 Å². The summed E-state index contributed by atoms with van der Waals surface area (Å²) in [6, 6.07) is 1.08. The third-order valence-corrected chi connectivity index (χ3v) is 4.11. The highest BCUT2D eigenvalue weighted by Crippen LogP contribution is 2.18. The van der Waals surface area contributed by atoms with E-state index in [0.717, 1.165) is 5.92 Å². The van der Waals surface area contributed by atoms with Crippen molar-refractivity contribution in [3.05, 3.63) is 0 Å². The molecule has 102 valence electrons. The number of hydrogen-bond donors (Lipinski definition) is 1. The van der Waals surface area contributed by atoms with E-state index in [-0.39, 0.29) is 0 Å². The van der Waals surface area contributed by atoms with Crippen molar-refractivity contribution in [1.29, 1.82) is 0 Å². The van der Waals surface area contributed by atoms with Gasteiger partial charge in [0, 0.05) is 25.7 Å². The highest BCUT2D eigenvalue weighted by molar-refractivity contribution is 4.80. The predicted molar refractivity (Wildman–Crippen MR) is 73.4 cm³/mol. The number of nitrogens with zero attached hydrogens (tertiary/aromatic N) is 1. The van der Waals surface area contributed by atoms with Gasteiger partial charge in [0.25, 0.3) is 0 Å². The maximum Gasteiger partial charge on any atom is 0.0695 e. The van der Waals surface area contributed by atoms with Crippen LogP contribution in [-0.2, 0) is 4.74 Å². The van der Waals surface area contributed by atoms with E-state index in [2.05, 4.69) is 37.9 Å². The molecule has 3 heteroatoms. The van der Waals surface area contributed by atoms with E-state index in [1.807, 2.05) is 7.11 Å². The third kappa shape index (κ3) is 4.57. The van der Waals surface area contributed by atoms with Crippen LogP contribution in [0.4, 0.5) is 0 Å². The van der Waals surface area contributed by atoms with E-state index in [1.165, 1.54) is 32.5 Å². The topological polar surface area (TPSA) is 24.5 Å². The summed E-state index contributed by atoms with van der Waals surface area (Å²) in [6.07, 6.45) is 2.99. The van der Waals surface area contributed by atoms with Gasteiger partial charge in [-0.2, -0.15) is 0 Å². The van der Waals surface area contributed by atoms with Gasteiger partial charge in [0.05, 0.1) is 6.10 Å². The van der Waals surface area contributed by atoms with E-state index in [4.69, 9.17) is 4.74 Å². The smallest absolute Gasteiger partial charge is 0.0695 e. The largest absolute Gasteiger partial charge is 0.380 e. The highest BCUT2D eigenvalue weighted by atomic mass is 16.5. The Morgan fingerprint density at radius 1 is 1.29 bits per heavy atom. The molecule has 0 amide bonds. The summed E-state index contributed by atoms with van der Waals surface area (Å²) < 4.78 is 5.47. The lowest BCUT2D eigenvalue weighted by Crippen LogP contribution is -2.49. The second-order valence-corrected chi connectivity index (χ2v) is 5.68. The second kappa shape index (κ2) is 7.34. The van der Waals surface area contributed by atoms with Crippen LogP contribution >= 0.6 is 0 Å². The molecule has 3 atom stereocenters. The minimum absolute atomic E-state index is 0.300. The first-order valence-corrected chi connectivity index (χ1v) is 7.05. The maximum atomic E-state index is 5.47. The molecule has 0 saturated carbocycles. The maximum absolute atomic E-state index is 5.47. The van der Waals surface area contributed by atoms with Gasteiger partial charge in [0.15, 0.2) is 0 Å². The summed E-state index contributed by atoms with van der Waals surface area (Å²) in [4.78, 5) is 2.59. The van der Waals surface area contributed by atoms with Gasteiger partial charge < -0.3 is 10.1 Å². The predicted octanol–water partition coefficient (Wildman–Crippen LogP) is 2.12. The van der Waals surface area contributed by atoms with Gasteiger partial charge in [-0.1, -0.05) is 0 Å². The average Bonchev–Trinajstić information content (AvgIpc) is 2.35. The van der Waals surface area contributed by atoms with Crippen LogP contribution in [0.5, 0.6) is 0 Å². The minimum Gasteiger partial charge on any atom is -0.380 e. The van der Waals surface area contributed by atoms with Crippen LogP contribution in [0, 0.1) is 5.92 Å². The van der Waals surface area contributed by atoms with Crippen molar-refractivity contribution in [2.24, 2.45) is 5.92 Å². The van der Waals surface area contributed by atoms with Crippen LogP contribution in [0.3, 0.4) is 0 Å². The summed E-state index contributed by atoms with van der Waals surface area (Å²) in [7, 11) is 1.81. The number of hydrogen-bond acceptors (Lipinski definition) is 3. The molecule has 1 fully saturated rings. The molecule has 0 aromatic carbocycles. The van der Waals surface area contributed by atoms with Crippen LogP contribution in [0.2, 0.25) is 0 Å². The molecule has 1 heterocycles. The molecule has 0 radical (unpaired) electrons. The molecule has 0 aromatic heterocycles. The van der Waals surface area contributed by atoms with Crippen molar-refractivity contribution >= 4 is 0 Å². The van der Waals surface area contributed by atoms with Crippen molar-refractivity contribution < 1.29 is 4.74 Å². The zero-order chi connectivity index (χ0) is 12.8. The Morgan fingerprint density at radius 3 is 2.47 bits per heavy atom. The van der Waals surface area contributed by atoms with Gasteiger partial charge in [0.1, 0.15) is 0 Å². The van der Waals surface area contributed by atoms with Crippen LogP contribution in [0.1, 0.15) is 40.5 Å². The standard InChI is InChI=1S/C14H30N2O/c1-11(2)16(12(3)13(4)17-5)10-14-7-6-8-15-9-14/h11-15H,6-10H2,1-5H3. The van der Waals surface area contributed by atoms with E-state index in [0.29, 0.717) is 18.2 Å². The third-order valence-electron chi connectivity index (χ3n) is 4.11. The zero-order valence-electron chi connectivity index (χ0n) is 12.2. The molecule has 0 aromatic rings. The Kier molecular flexibility index (Phi) is 6.45. The summed E-state index contributed by atoms with van der Waals surface area (Å²) in [6.45, 7) is 12.6. The van der Waals surface area contributed by atoms with Gasteiger partial charge in [-0.15, -0.1) is 0 Å². The number of ether oxygens (including phenoxy) is 1. The van der Waals surface area contributed by atoms with Gasteiger partial charge in [-0.05, 0) is 59.5 Å². The van der Waals surface area contributed by atoms with Crippen LogP contribution in [-0.4, -0.2) is 49.8 Å². The summed E-state index contributed by atoms with van der Waals surface area (Å²) in [5, 5.41) is 3.50. The molecule has 1 N–H and O–H groups in total. The first-order chi connectivity index (χ1) is 8.06. The quantitative estimate of drug-likeness (QED) is 0.772. The molecule has 3 unspecified atom stereocenters. The van der Waals surface area contributed by atoms with Gasteiger partial charge in [-0.3, -0.25) is 4.90 Å². The Balaban J connectivity index is 2.52. The molecular weight excluding hydrogens is 212 g/mol. The van der Waals surface area contributed by atoms with Gasteiger partial charge >= 0.3 is 0 Å². The fourth-order valence-corrected chi connectivity index (χ4v) is 2.69. The summed E-state index contributed by atoms with van der Waals surface area (Å²) in [5.74, 6) is 0.803. The first kappa shape index (κ1) is 14.9. The molecule has 0 bridgehead atoms. The second-order valence-electron chi connectivity index (χ2n) is 5.68.